The van der Waals surface area contributed by atoms with E-state index in [-0.39, 0.29) is 18.3 Å². The molecule has 0 radical (unpaired) electrons. The first-order valence-corrected chi connectivity index (χ1v) is 9.17. The van der Waals surface area contributed by atoms with Gasteiger partial charge in [0.15, 0.2) is 0 Å². The summed E-state index contributed by atoms with van der Waals surface area (Å²) in [6, 6.07) is 0. The number of H-pyrrole nitrogens is 1. The zero-order valence-corrected chi connectivity index (χ0v) is 16.0. The fourth-order valence-corrected chi connectivity index (χ4v) is 3.02. The number of nitrogens with zero attached hydrogens (tertiary/aromatic N) is 1. The molecule has 1 aliphatic rings. The molecule has 1 amide bonds. The van der Waals surface area contributed by atoms with Gasteiger partial charge in [0.25, 0.3) is 5.91 Å². The van der Waals surface area contributed by atoms with E-state index in [1.165, 1.54) is 7.11 Å². The van der Waals surface area contributed by atoms with E-state index in [1.807, 2.05) is 6.92 Å². The first-order chi connectivity index (χ1) is 12.4. The van der Waals surface area contributed by atoms with Crippen LogP contribution in [0, 0.1) is 12.8 Å². The van der Waals surface area contributed by atoms with Crippen LogP contribution >= 0.6 is 0 Å². The number of nitrogens with one attached hydrogen (secondary N) is 1. The molecular formula is C19H28N2O5. The van der Waals surface area contributed by atoms with E-state index in [9.17, 15) is 14.4 Å². The Bertz CT molecular complexity index is 676. The normalized spacial score (nSPS) is 13.4. The summed E-state index contributed by atoms with van der Waals surface area (Å²) in [6.07, 6.45) is 2.95. The number of carbonyl (C=O) groups is 3. The second-order valence-corrected chi connectivity index (χ2v) is 6.57. The Morgan fingerprint density at radius 2 is 1.92 bits per heavy atom. The molecule has 0 spiro atoms. The van der Waals surface area contributed by atoms with Gasteiger partial charge in [0.05, 0.1) is 25.7 Å². The molecule has 2 rings (SSSR count). The number of aromatic amines is 1. The number of hydrogen-bond acceptors (Lipinski definition) is 5. The standard InChI is InChI=1S/C19H28N2O5/c1-5-14-16(19(24)25-4)12(3)17(20-14)18(23)21(11-13-7-8-13)10-9-15(22)26-6-2/h13,20H,5-11H2,1-4H3. The molecule has 0 aliphatic heterocycles. The molecule has 26 heavy (non-hydrogen) atoms. The lowest BCUT2D eigenvalue weighted by Crippen LogP contribution is -2.35. The SMILES string of the molecule is CCOC(=O)CCN(CC1CC1)C(=O)c1[nH]c(CC)c(C(=O)OC)c1C. The quantitative estimate of drug-likeness (QED) is 0.680. The van der Waals surface area contributed by atoms with E-state index in [0.29, 0.717) is 54.5 Å². The van der Waals surface area contributed by atoms with Gasteiger partial charge in [0.2, 0.25) is 0 Å². The van der Waals surface area contributed by atoms with Crippen molar-refractivity contribution in [2.45, 2.75) is 46.5 Å². The summed E-state index contributed by atoms with van der Waals surface area (Å²) in [5, 5.41) is 0. The minimum absolute atomic E-state index is 0.163. The Hall–Kier alpha value is -2.31. The molecule has 1 aromatic heterocycles. The molecule has 144 valence electrons. The number of esters is 2. The first-order valence-electron chi connectivity index (χ1n) is 9.17. The molecule has 7 heteroatoms. The van der Waals surface area contributed by atoms with Gasteiger partial charge in [-0.2, -0.15) is 0 Å². The van der Waals surface area contributed by atoms with E-state index in [2.05, 4.69) is 4.98 Å². The summed E-state index contributed by atoms with van der Waals surface area (Å²) < 4.78 is 9.81. The third-order valence-electron chi connectivity index (χ3n) is 4.64. The number of amides is 1. The van der Waals surface area contributed by atoms with Crippen molar-refractivity contribution in [2.24, 2.45) is 5.92 Å². The highest BCUT2D eigenvalue weighted by Crippen LogP contribution is 2.31. The van der Waals surface area contributed by atoms with Crippen LogP contribution in [0.1, 0.15) is 65.2 Å². The van der Waals surface area contributed by atoms with Crippen LogP contribution in [-0.4, -0.2) is 54.5 Å². The van der Waals surface area contributed by atoms with E-state index in [4.69, 9.17) is 9.47 Å². The van der Waals surface area contributed by atoms with Gasteiger partial charge in [-0.3, -0.25) is 9.59 Å². The van der Waals surface area contributed by atoms with Crippen molar-refractivity contribution in [3.05, 3.63) is 22.5 Å². The topological polar surface area (TPSA) is 88.7 Å². The van der Waals surface area contributed by atoms with Crippen LogP contribution < -0.4 is 0 Å². The predicted octanol–water partition coefficient (Wildman–Crippen LogP) is 2.48. The van der Waals surface area contributed by atoms with Crippen LogP contribution in [0.25, 0.3) is 0 Å². The average Bonchev–Trinajstić information content (AvgIpc) is 3.38. The van der Waals surface area contributed by atoms with E-state index in [0.717, 1.165) is 12.8 Å². The van der Waals surface area contributed by atoms with Crippen LogP contribution in [0.5, 0.6) is 0 Å². The minimum atomic E-state index is -0.449. The smallest absolute Gasteiger partial charge is 0.339 e. The Kier molecular flexibility index (Phi) is 6.83. The highest BCUT2D eigenvalue weighted by atomic mass is 16.5. The summed E-state index contributed by atoms with van der Waals surface area (Å²) >= 11 is 0. The second kappa shape index (κ2) is 8.87. The van der Waals surface area contributed by atoms with Crippen LogP contribution in [0.3, 0.4) is 0 Å². The number of hydrogen-bond donors (Lipinski definition) is 1. The molecule has 0 saturated heterocycles. The number of methoxy groups -OCH3 is 1. The molecule has 7 nitrogen and oxygen atoms in total. The predicted molar refractivity (Wildman–Crippen MR) is 96.1 cm³/mol. The van der Waals surface area contributed by atoms with Crippen LogP contribution in [0.4, 0.5) is 0 Å². The molecule has 0 atom stereocenters. The summed E-state index contributed by atoms with van der Waals surface area (Å²) in [6.45, 7) is 6.67. The maximum Gasteiger partial charge on any atom is 0.339 e. The zero-order chi connectivity index (χ0) is 19.3. The molecule has 0 aromatic carbocycles. The number of aromatic nitrogens is 1. The van der Waals surface area contributed by atoms with Crippen molar-refractivity contribution in [2.75, 3.05) is 26.8 Å². The molecule has 1 saturated carbocycles. The fraction of sp³-hybridized carbons (Fsp3) is 0.632. The third kappa shape index (κ3) is 4.65. The van der Waals surface area contributed by atoms with Crippen molar-refractivity contribution >= 4 is 17.8 Å². The first kappa shape index (κ1) is 20.0. The zero-order valence-electron chi connectivity index (χ0n) is 16.0. The van der Waals surface area contributed by atoms with Gasteiger partial charge in [0, 0.05) is 18.8 Å². The van der Waals surface area contributed by atoms with Crippen LogP contribution in [0.2, 0.25) is 0 Å². The Balaban J connectivity index is 2.22. The highest BCUT2D eigenvalue weighted by molar-refractivity contribution is 6.00. The summed E-state index contributed by atoms with van der Waals surface area (Å²) in [5.41, 5.74) is 2.10. The average molecular weight is 364 g/mol. The monoisotopic (exact) mass is 364 g/mol. The van der Waals surface area contributed by atoms with Crippen molar-refractivity contribution in [3.8, 4) is 0 Å². The molecule has 1 heterocycles. The molecule has 1 aromatic rings. The van der Waals surface area contributed by atoms with Crippen LogP contribution in [0.15, 0.2) is 0 Å². The van der Waals surface area contributed by atoms with Crippen molar-refractivity contribution < 1.29 is 23.9 Å². The maximum absolute atomic E-state index is 13.1. The fourth-order valence-electron chi connectivity index (χ4n) is 3.02. The maximum atomic E-state index is 13.1. The van der Waals surface area contributed by atoms with Crippen molar-refractivity contribution in [1.29, 1.82) is 0 Å². The molecule has 0 unspecified atom stereocenters. The third-order valence-corrected chi connectivity index (χ3v) is 4.64. The van der Waals surface area contributed by atoms with Gasteiger partial charge in [0.1, 0.15) is 5.69 Å². The highest BCUT2D eigenvalue weighted by Gasteiger charge is 2.31. The van der Waals surface area contributed by atoms with Crippen molar-refractivity contribution in [1.82, 2.24) is 9.88 Å². The van der Waals surface area contributed by atoms with E-state index >= 15 is 0 Å². The van der Waals surface area contributed by atoms with E-state index < -0.39 is 5.97 Å². The molecule has 1 aliphatic carbocycles. The van der Waals surface area contributed by atoms with Gasteiger partial charge in [-0.15, -0.1) is 0 Å². The minimum Gasteiger partial charge on any atom is -0.466 e. The summed E-state index contributed by atoms with van der Waals surface area (Å²) in [7, 11) is 1.33. The van der Waals surface area contributed by atoms with Gasteiger partial charge in [-0.1, -0.05) is 6.92 Å². The number of rotatable bonds is 9. The Labute approximate surface area is 154 Å². The van der Waals surface area contributed by atoms with Gasteiger partial charge >= 0.3 is 11.9 Å². The van der Waals surface area contributed by atoms with Gasteiger partial charge in [-0.05, 0) is 44.6 Å². The van der Waals surface area contributed by atoms with E-state index in [1.54, 1.807) is 18.7 Å². The van der Waals surface area contributed by atoms with Crippen molar-refractivity contribution in [3.63, 3.8) is 0 Å². The van der Waals surface area contributed by atoms with Gasteiger partial charge in [-0.25, -0.2) is 4.79 Å². The number of aryl methyl sites for hydroxylation is 1. The molecule has 0 bridgehead atoms. The van der Waals surface area contributed by atoms with Crippen LogP contribution in [-0.2, 0) is 20.7 Å². The summed E-state index contributed by atoms with van der Waals surface area (Å²) in [4.78, 5) is 41.6. The number of carbonyl (C=O) groups excluding carboxylic acids is 3. The lowest BCUT2D eigenvalue weighted by atomic mass is 10.1. The molecule has 1 N–H and O–H groups in total. The molecular weight excluding hydrogens is 336 g/mol. The largest absolute Gasteiger partial charge is 0.466 e. The van der Waals surface area contributed by atoms with Gasteiger partial charge < -0.3 is 19.4 Å². The lowest BCUT2D eigenvalue weighted by molar-refractivity contribution is -0.143. The number of ether oxygens (including phenoxy) is 2. The summed E-state index contributed by atoms with van der Waals surface area (Å²) in [5.74, 6) is -0.464. The molecule has 1 fully saturated rings. The Morgan fingerprint density at radius 1 is 1.23 bits per heavy atom. The second-order valence-electron chi connectivity index (χ2n) is 6.57. The lowest BCUT2D eigenvalue weighted by Gasteiger charge is -2.22. The Morgan fingerprint density at radius 3 is 2.46 bits per heavy atom.